The van der Waals surface area contributed by atoms with Crippen molar-refractivity contribution >= 4 is 46.7 Å². The third-order valence-corrected chi connectivity index (χ3v) is 6.51. The molecule has 0 atom stereocenters. The molecule has 192 valence electrons. The molecule has 4 aromatic carbocycles. The molecule has 6 heteroatoms. The Morgan fingerprint density at radius 1 is 0.500 bits per heavy atom. The van der Waals surface area contributed by atoms with Gasteiger partial charge in [0.25, 0.3) is 0 Å². The first kappa shape index (κ1) is 27.2. The maximum absolute atomic E-state index is 13.3. The molecule has 0 aromatic heterocycles. The molecule has 0 aliphatic carbocycles. The van der Waals surface area contributed by atoms with E-state index >= 15 is 0 Å². The van der Waals surface area contributed by atoms with Gasteiger partial charge in [-0.05, 0) is 96.8 Å². The number of carbonyl (C=O) groups excluding carboxylic acids is 2. The number of ether oxygens (including phenoxy) is 2. The number of aryl methyl sites for hydroxylation is 2. The van der Waals surface area contributed by atoms with Gasteiger partial charge in [-0.25, -0.2) is 9.59 Å². The zero-order valence-electron chi connectivity index (χ0n) is 21.0. The van der Waals surface area contributed by atoms with Gasteiger partial charge in [-0.2, -0.15) is 0 Å². The zero-order chi connectivity index (χ0) is 27.1. The predicted molar refractivity (Wildman–Crippen MR) is 152 cm³/mol. The first-order valence-electron chi connectivity index (χ1n) is 12.3. The van der Waals surface area contributed by atoms with E-state index in [4.69, 9.17) is 32.7 Å². The summed E-state index contributed by atoms with van der Waals surface area (Å²) in [4.78, 5) is 26.5. The molecule has 0 fully saturated rings. The van der Waals surface area contributed by atoms with Crippen molar-refractivity contribution in [1.29, 1.82) is 0 Å². The second kappa shape index (κ2) is 12.6. The topological polar surface area (TPSA) is 52.6 Å². The van der Waals surface area contributed by atoms with Crippen LogP contribution in [0.3, 0.4) is 0 Å². The Morgan fingerprint density at radius 3 is 1.08 bits per heavy atom. The van der Waals surface area contributed by atoms with Crippen LogP contribution in [-0.4, -0.2) is 11.9 Å². The number of hydrogen-bond acceptors (Lipinski definition) is 4. The summed E-state index contributed by atoms with van der Waals surface area (Å²) in [5.74, 6) is -1.03. The Kier molecular flexibility index (Phi) is 9.01. The van der Waals surface area contributed by atoms with Crippen molar-refractivity contribution in [1.82, 2.24) is 0 Å². The van der Waals surface area contributed by atoms with E-state index in [0.717, 1.165) is 24.0 Å². The van der Waals surface area contributed by atoms with E-state index in [1.807, 2.05) is 38.1 Å². The van der Waals surface area contributed by atoms with Crippen LogP contribution in [0.25, 0.3) is 11.5 Å². The Hall–Kier alpha value is -3.86. The number of carbonyl (C=O) groups is 2. The lowest BCUT2D eigenvalue weighted by Gasteiger charge is -2.17. The fourth-order valence-corrected chi connectivity index (χ4v) is 3.98. The Bertz CT molecular complexity index is 1320. The summed E-state index contributed by atoms with van der Waals surface area (Å²) in [6, 6.07) is 27.8. The summed E-state index contributed by atoms with van der Waals surface area (Å²) in [6.45, 7) is 4.08. The molecule has 0 amide bonds. The fourth-order valence-electron chi connectivity index (χ4n) is 3.73. The number of rotatable bonds is 8. The number of halogens is 2. The van der Waals surface area contributed by atoms with E-state index in [2.05, 4.69) is 0 Å². The molecule has 0 bridgehead atoms. The zero-order valence-corrected chi connectivity index (χ0v) is 22.6. The first-order chi connectivity index (χ1) is 18.4. The fraction of sp³-hybridized carbons (Fsp3) is 0.125. The van der Waals surface area contributed by atoms with E-state index in [0.29, 0.717) is 32.3 Å². The molecule has 0 N–H and O–H groups in total. The quantitative estimate of drug-likeness (QED) is 0.126. The van der Waals surface area contributed by atoms with E-state index in [9.17, 15) is 9.59 Å². The van der Waals surface area contributed by atoms with Crippen LogP contribution in [0.2, 0.25) is 10.0 Å². The van der Waals surface area contributed by atoms with Gasteiger partial charge in [0.15, 0.2) is 11.5 Å². The summed E-state index contributed by atoms with van der Waals surface area (Å²) < 4.78 is 11.9. The molecule has 0 heterocycles. The highest BCUT2D eigenvalue weighted by Crippen LogP contribution is 2.32. The second-order valence-electron chi connectivity index (χ2n) is 8.55. The Balaban J connectivity index is 1.82. The molecule has 4 nitrogen and oxygen atoms in total. The van der Waals surface area contributed by atoms with E-state index in [1.54, 1.807) is 72.8 Å². The second-order valence-corrected chi connectivity index (χ2v) is 9.42. The molecular weight excluding hydrogens is 519 g/mol. The van der Waals surface area contributed by atoms with Gasteiger partial charge in [0, 0.05) is 21.2 Å². The minimum absolute atomic E-state index is 0.0760. The van der Waals surface area contributed by atoms with Gasteiger partial charge in [0.1, 0.15) is 0 Å². The van der Waals surface area contributed by atoms with Crippen LogP contribution in [0.5, 0.6) is 0 Å². The molecule has 0 aliphatic heterocycles. The van der Waals surface area contributed by atoms with Crippen molar-refractivity contribution in [2.45, 2.75) is 26.7 Å². The molecule has 0 aliphatic rings. The average molecular weight is 545 g/mol. The lowest BCUT2D eigenvalue weighted by Crippen LogP contribution is -2.11. The van der Waals surface area contributed by atoms with Crippen molar-refractivity contribution in [3.8, 4) is 0 Å². The molecule has 0 radical (unpaired) electrons. The Morgan fingerprint density at radius 2 is 0.789 bits per heavy atom. The Labute approximate surface area is 232 Å². The normalized spacial score (nSPS) is 11.5. The highest BCUT2D eigenvalue weighted by Gasteiger charge is 2.23. The highest BCUT2D eigenvalue weighted by molar-refractivity contribution is 6.31. The monoisotopic (exact) mass is 544 g/mol. The molecule has 0 saturated carbocycles. The van der Waals surface area contributed by atoms with Crippen molar-refractivity contribution < 1.29 is 19.1 Å². The van der Waals surface area contributed by atoms with E-state index in [1.165, 1.54) is 0 Å². The van der Waals surface area contributed by atoms with Gasteiger partial charge in [0.05, 0.1) is 11.1 Å². The van der Waals surface area contributed by atoms with Crippen LogP contribution >= 0.6 is 23.2 Å². The summed E-state index contributed by atoms with van der Waals surface area (Å²) >= 11 is 12.3. The maximum atomic E-state index is 13.3. The average Bonchev–Trinajstić information content (AvgIpc) is 2.96. The highest BCUT2D eigenvalue weighted by atomic mass is 35.5. The molecule has 4 rings (SSSR count). The smallest absolute Gasteiger partial charge is 0.343 e. The summed E-state index contributed by atoms with van der Waals surface area (Å²) in [5, 5.41) is 1.02. The van der Waals surface area contributed by atoms with Crippen LogP contribution in [-0.2, 0) is 22.3 Å². The summed E-state index contributed by atoms with van der Waals surface area (Å²) in [7, 11) is 0. The van der Waals surface area contributed by atoms with Crippen LogP contribution in [0, 0.1) is 0 Å². The van der Waals surface area contributed by atoms with Gasteiger partial charge < -0.3 is 9.47 Å². The minimum Gasteiger partial charge on any atom is -0.418 e. The van der Waals surface area contributed by atoms with Crippen molar-refractivity contribution in [2.24, 2.45) is 0 Å². The van der Waals surface area contributed by atoms with Crippen molar-refractivity contribution in [3.63, 3.8) is 0 Å². The SMILES string of the molecule is CCc1ccc(C(=O)OC(=C(OC(=O)c2ccc(CC)cc2)c2ccc(Cl)cc2)c2ccc(Cl)cc2)cc1. The standard InChI is InChI=1S/C32H26Cl2O4/c1-3-21-5-9-25(10-6-21)31(35)37-29(23-13-17-27(33)18-14-23)30(24-15-19-28(34)20-16-24)38-32(36)26-11-7-22(4-2)8-12-26/h5-20H,3-4H2,1-2H3. The predicted octanol–water partition coefficient (Wildman–Crippen LogP) is 8.66. The molecule has 0 spiro atoms. The van der Waals surface area contributed by atoms with Crippen molar-refractivity contribution in [2.75, 3.05) is 0 Å². The lowest BCUT2D eigenvalue weighted by atomic mass is 10.1. The molecule has 4 aromatic rings. The minimum atomic E-state index is -0.590. The van der Waals surface area contributed by atoms with Gasteiger partial charge in [0.2, 0.25) is 0 Å². The molecule has 0 unspecified atom stereocenters. The van der Waals surface area contributed by atoms with E-state index < -0.39 is 11.9 Å². The summed E-state index contributed by atoms with van der Waals surface area (Å²) in [6.07, 6.45) is 1.70. The van der Waals surface area contributed by atoms with Crippen LogP contribution in [0.4, 0.5) is 0 Å². The lowest BCUT2D eigenvalue weighted by molar-refractivity contribution is 0.0646. The molecular formula is C32H26Cl2O4. The van der Waals surface area contributed by atoms with Crippen molar-refractivity contribution in [3.05, 3.63) is 140 Å². The molecule has 0 saturated heterocycles. The van der Waals surface area contributed by atoms with Gasteiger partial charge >= 0.3 is 11.9 Å². The number of hydrogen-bond donors (Lipinski definition) is 0. The first-order valence-corrected chi connectivity index (χ1v) is 13.0. The van der Waals surface area contributed by atoms with E-state index in [-0.39, 0.29) is 11.5 Å². The van der Waals surface area contributed by atoms with Crippen LogP contribution < -0.4 is 0 Å². The van der Waals surface area contributed by atoms with Gasteiger partial charge in [-0.1, -0.05) is 61.3 Å². The van der Waals surface area contributed by atoms with Gasteiger partial charge in [-0.3, -0.25) is 0 Å². The largest absolute Gasteiger partial charge is 0.418 e. The number of esters is 2. The third kappa shape index (κ3) is 6.71. The number of benzene rings is 4. The molecule has 38 heavy (non-hydrogen) atoms. The van der Waals surface area contributed by atoms with Crippen LogP contribution in [0.1, 0.15) is 56.8 Å². The van der Waals surface area contributed by atoms with Gasteiger partial charge in [-0.15, -0.1) is 0 Å². The van der Waals surface area contributed by atoms with Crippen LogP contribution in [0.15, 0.2) is 97.1 Å². The summed E-state index contributed by atoms with van der Waals surface area (Å²) in [5.41, 5.74) is 3.94. The third-order valence-electron chi connectivity index (χ3n) is 6.00. The maximum Gasteiger partial charge on any atom is 0.343 e.